The van der Waals surface area contributed by atoms with Gasteiger partial charge in [-0.2, -0.15) is 4.31 Å². The van der Waals surface area contributed by atoms with Gasteiger partial charge < -0.3 is 14.8 Å². The Morgan fingerprint density at radius 2 is 1.77 bits per heavy atom. The molecule has 1 aliphatic heterocycles. The summed E-state index contributed by atoms with van der Waals surface area (Å²) in [7, 11) is -3.83. The summed E-state index contributed by atoms with van der Waals surface area (Å²) in [5, 5.41) is 3.19. The van der Waals surface area contributed by atoms with Gasteiger partial charge >= 0.3 is 0 Å². The molecule has 0 aromatic heterocycles. The van der Waals surface area contributed by atoms with Crippen molar-refractivity contribution in [2.75, 3.05) is 38.2 Å². The molecular weight excluding hydrogens is 440 g/mol. The number of sulfonamides is 1. The minimum Gasteiger partial charge on any atom is -0.482 e. The number of hydrogen-bond donors (Lipinski definition) is 1. The highest BCUT2D eigenvalue weighted by Gasteiger charge is 2.30. The number of nitrogens with zero attached hydrogens (tertiary/aromatic N) is 1. The topological polar surface area (TPSA) is 84.9 Å². The van der Waals surface area contributed by atoms with E-state index in [0.29, 0.717) is 13.2 Å². The van der Waals surface area contributed by atoms with Crippen LogP contribution in [-0.2, 0) is 32.4 Å². The average Bonchev–Trinajstić information content (AvgIpc) is 2.78. The summed E-state index contributed by atoms with van der Waals surface area (Å²) in [5.74, 6) is -0.272. The Morgan fingerprint density at radius 1 is 1.13 bits per heavy atom. The van der Waals surface area contributed by atoms with Crippen molar-refractivity contribution in [3.63, 3.8) is 0 Å². The highest BCUT2D eigenvalue weighted by molar-refractivity contribution is 7.89. The first kappa shape index (κ1) is 23.5. The molecule has 1 N–H and O–H groups in total. The highest BCUT2D eigenvalue weighted by atomic mass is 35.5. The van der Waals surface area contributed by atoms with Crippen LogP contribution >= 0.6 is 11.6 Å². The van der Waals surface area contributed by atoms with Gasteiger partial charge in [0.05, 0.1) is 13.2 Å². The number of benzene rings is 2. The van der Waals surface area contributed by atoms with Gasteiger partial charge in [-0.3, -0.25) is 4.79 Å². The fourth-order valence-corrected chi connectivity index (χ4v) is 5.25. The lowest BCUT2D eigenvalue weighted by molar-refractivity contribution is -0.118. The van der Waals surface area contributed by atoms with Crippen molar-refractivity contribution in [2.24, 2.45) is 0 Å². The maximum Gasteiger partial charge on any atom is 0.262 e. The smallest absolute Gasteiger partial charge is 0.262 e. The largest absolute Gasteiger partial charge is 0.482 e. The molecule has 0 spiro atoms. The van der Waals surface area contributed by atoms with Gasteiger partial charge in [-0.1, -0.05) is 43.6 Å². The molecule has 1 fully saturated rings. The molecule has 1 saturated heterocycles. The molecule has 0 unspecified atom stereocenters. The summed E-state index contributed by atoms with van der Waals surface area (Å²) in [4.78, 5) is 12.6. The fourth-order valence-electron chi connectivity index (χ4n) is 3.45. The van der Waals surface area contributed by atoms with E-state index in [2.05, 4.69) is 5.32 Å². The lowest BCUT2D eigenvalue weighted by Gasteiger charge is -2.26. The Morgan fingerprint density at radius 3 is 2.39 bits per heavy atom. The molecule has 0 bridgehead atoms. The third kappa shape index (κ3) is 5.57. The van der Waals surface area contributed by atoms with Gasteiger partial charge in [0.2, 0.25) is 10.0 Å². The molecule has 0 radical (unpaired) electrons. The predicted molar refractivity (Wildman–Crippen MR) is 120 cm³/mol. The molecule has 0 saturated carbocycles. The van der Waals surface area contributed by atoms with Crippen molar-refractivity contribution < 1.29 is 22.7 Å². The fraction of sp³-hybridized carbons (Fsp3) is 0.409. The van der Waals surface area contributed by atoms with Crippen LogP contribution in [0.5, 0.6) is 5.75 Å². The SMILES string of the molecule is CCc1cccc(CC)c1NC(=O)COc1ccc(Cl)cc1S(=O)(=O)N1CCOCC1. The minimum atomic E-state index is -3.83. The lowest BCUT2D eigenvalue weighted by atomic mass is 10.0. The van der Waals surface area contributed by atoms with E-state index in [0.717, 1.165) is 29.7 Å². The van der Waals surface area contributed by atoms with Crippen molar-refractivity contribution in [3.8, 4) is 5.75 Å². The quantitative estimate of drug-likeness (QED) is 0.643. The van der Waals surface area contributed by atoms with E-state index in [9.17, 15) is 13.2 Å². The van der Waals surface area contributed by atoms with E-state index in [1.165, 1.54) is 22.5 Å². The van der Waals surface area contributed by atoms with E-state index in [-0.39, 0.29) is 41.3 Å². The van der Waals surface area contributed by atoms with Crippen LogP contribution in [0.15, 0.2) is 41.3 Å². The van der Waals surface area contributed by atoms with Crippen LogP contribution in [0.1, 0.15) is 25.0 Å². The molecule has 7 nitrogen and oxygen atoms in total. The van der Waals surface area contributed by atoms with Crippen molar-refractivity contribution in [1.82, 2.24) is 4.31 Å². The number of hydrogen-bond acceptors (Lipinski definition) is 5. The summed E-state index contributed by atoms with van der Waals surface area (Å²) in [5.41, 5.74) is 2.86. The third-order valence-corrected chi connectivity index (χ3v) is 7.27. The van der Waals surface area contributed by atoms with Crippen LogP contribution in [0.2, 0.25) is 5.02 Å². The van der Waals surface area contributed by atoms with Crippen LogP contribution < -0.4 is 10.1 Å². The summed E-state index contributed by atoms with van der Waals surface area (Å²) in [6.07, 6.45) is 1.56. The van der Waals surface area contributed by atoms with Crippen molar-refractivity contribution in [1.29, 1.82) is 0 Å². The van der Waals surface area contributed by atoms with Crippen molar-refractivity contribution in [2.45, 2.75) is 31.6 Å². The molecular formula is C22H27ClN2O5S. The number of ether oxygens (including phenoxy) is 2. The Bertz CT molecular complexity index is 1010. The Hall–Kier alpha value is -2.13. The van der Waals surface area contributed by atoms with E-state index >= 15 is 0 Å². The second-order valence-electron chi connectivity index (χ2n) is 7.10. The first-order valence-electron chi connectivity index (χ1n) is 10.3. The monoisotopic (exact) mass is 466 g/mol. The second kappa shape index (κ2) is 10.5. The zero-order chi connectivity index (χ0) is 22.4. The second-order valence-corrected chi connectivity index (χ2v) is 9.45. The number of rotatable bonds is 8. The van der Waals surface area contributed by atoms with E-state index < -0.39 is 10.0 Å². The van der Waals surface area contributed by atoms with Gasteiger partial charge in [-0.05, 0) is 42.2 Å². The standard InChI is InChI=1S/C22H27ClN2O5S/c1-3-16-6-5-7-17(4-2)22(16)24-21(26)15-30-19-9-8-18(23)14-20(19)31(27,28)25-10-12-29-13-11-25/h5-9,14H,3-4,10-13,15H2,1-2H3,(H,24,26). The van der Waals surface area contributed by atoms with Crippen LogP contribution in [0.3, 0.4) is 0 Å². The lowest BCUT2D eigenvalue weighted by Crippen LogP contribution is -2.40. The summed E-state index contributed by atoms with van der Waals surface area (Å²) in [6.45, 7) is 4.89. The van der Waals surface area contributed by atoms with Crippen LogP contribution in [0.4, 0.5) is 5.69 Å². The number of halogens is 1. The number of amides is 1. The molecule has 2 aromatic carbocycles. The Labute approximate surface area is 188 Å². The van der Waals surface area contributed by atoms with Gasteiger partial charge in [0.1, 0.15) is 10.6 Å². The van der Waals surface area contributed by atoms with Crippen molar-refractivity contribution >= 4 is 33.2 Å². The molecule has 31 heavy (non-hydrogen) atoms. The number of anilines is 1. The van der Waals surface area contributed by atoms with E-state index in [4.69, 9.17) is 21.1 Å². The minimum absolute atomic E-state index is 0.0575. The number of nitrogens with one attached hydrogen (secondary N) is 1. The van der Waals surface area contributed by atoms with Crippen LogP contribution in [0.25, 0.3) is 0 Å². The van der Waals surface area contributed by atoms with Crippen molar-refractivity contribution in [3.05, 3.63) is 52.5 Å². The first-order valence-corrected chi connectivity index (χ1v) is 12.1. The number of carbonyl (C=O) groups excluding carboxylic acids is 1. The third-order valence-electron chi connectivity index (χ3n) is 5.12. The van der Waals surface area contributed by atoms with E-state index in [1.54, 1.807) is 0 Å². The van der Waals surface area contributed by atoms with Gasteiger partial charge in [0.25, 0.3) is 5.91 Å². The molecule has 2 aromatic rings. The summed E-state index contributed by atoms with van der Waals surface area (Å²) in [6, 6.07) is 10.3. The van der Waals surface area contributed by atoms with Crippen LogP contribution in [0, 0.1) is 0 Å². The average molecular weight is 467 g/mol. The van der Waals surface area contributed by atoms with E-state index in [1.807, 2.05) is 32.0 Å². The molecule has 3 rings (SSSR count). The number of carbonyl (C=O) groups is 1. The molecule has 1 amide bonds. The molecule has 1 heterocycles. The molecule has 9 heteroatoms. The van der Waals surface area contributed by atoms with Gasteiger partial charge in [0, 0.05) is 23.8 Å². The Balaban J connectivity index is 1.78. The van der Waals surface area contributed by atoms with Gasteiger partial charge in [0.15, 0.2) is 6.61 Å². The van der Waals surface area contributed by atoms with Gasteiger partial charge in [-0.25, -0.2) is 8.42 Å². The zero-order valence-corrected chi connectivity index (χ0v) is 19.3. The number of aryl methyl sites for hydroxylation is 2. The first-order chi connectivity index (χ1) is 14.9. The molecule has 0 atom stereocenters. The molecule has 1 aliphatic rings. The maximum absolute atomic E-state index is 13.1. The molecule has 0 aliphatic carbocycles. The molecule has 168 valence electrons. The number of morpholine rings is 1. The maximum atomic E-state index is 13.1. The predicted octanol–water partition coefficient (Wildman–Crippen LogP) is 3.50. The Kier molecular flexibility index (Phi) is 7.94. The normalized spacial score (nSPS) is 14.9. The van der Waals surface area contributed by atoms with Crippen LogP contribution in [-0.4, -0.2) is 51.5 Å². The highest BCUT2D eigenvalue weighted by Crippen LogP contribution is 2.30. The summed E-state index contributed by atoms with van der Waals surface area (Å²) >= 11 is 6.06. The summed E-state index contributed by atoms with van der Waals surface area (Å²) < 4.78 is 38.4. The zero-order valence-electron chi connectivity index (χ0n) is 17.7. The number of para-hydroxylation sites is 1. The van der Waals surface area contributed by atoms with Gasteiger partial charge in [-0.15, -0.1) is 0 Å².